The third kappa shape index (κ3) is 13.1. The van der Waals surface area contributed by atoms with Crippen LogP contribution in [0.15, 0.2) is 0 Å². The molecule has 0 aromatic rings. The Balaban J connectivity index is 0. The molecule has 1 rings (SSSR count). The van der Waals surface area contributed by atoms with Crippen molar-refractivity contribution < 1.29 is 19.2 Å². The van der Waals surface area contributed by atoms with Crippen molar-refractivity contribution >= 4 is 35.5 Å². The van der Waals surface area contributed by atoms with Crippen LogP contribution in [-0.4, -0.2) is 53.3 Å². The van der Waals surface area contributed by atoms with Gasteiger partial charge in [-0.25, -0.2) is 9.59 Å². The zero-order valence-electron chi connectivity index (χ0n) is 13.2. The highest BCUT2D eigenvalue weighted by atomic mass is 35.5. The topological polar surface area (TPSA) is 148 Å². The van der Waals surface area contributed by atoms with Crippen LogP contribution in [0.4, 0.5) is 9.59 Å². The van der Waals surface area contributed by atoms with Crippen molar-refractivity contribution in [3.8, 4) is 0 Å². The molecule has 0 saturated carbocycles. The van der Waals surface area contributed by atoms with Crippen LogP contribution in [0, 0.1) is 0 Å². The van der Waals surface area contributed by atoms with E-state index in [1.807, 2.05) is 27.7 Å². The average Bonchev–Trinajstić information content (AvgIpc) is 2.67. The Morgan fingerprint density at radius 3 is 1.91 bits per heavy atom. The van der Waals surface area contributed by atoms with Gasteiger partial charge in [0.25, 0.3) is 0 Å². The van der Waals surface area contributed by atoms with Crippen LogP contribution in [0.2, 0.25) is 0 Å². The zero-order valence-corrected chi connectivity index (χ0v) is 13.9. The molecule has 0 aromatic heterocycles. The van der Waals surface area contributed by atoms with E-state index in [4.69, 9.17) is 17.3 Å². The van der Waals surface area contributed by atoms with E-state index in [1.54, 1.807) is 5.32 Å². The van der Waals surface area contributed by atoms with Gasteiger partial charge >= 0.3 is 12.1 Å². The van der Waals surface area contributed by atoms with Gasteiger partial charge in [0.1, 0.15) is 12.4 Å². The van der Waals surface area contributed by atoms with E-state index in [0.29, 0.717) is 6.04 Å². The first-order chi connectivity index (χ1) is 10.0. The molecule has 0 spiro atoms. The van der Waals surface area contributed by atoms with Crippen molar-refractivity contribution in [2.45, 2.75) is 39.8 Å². The van der Waals surface area contributed by atoms with Gasteiger partial charge in [0.2, 0.25) is 11.8 Å². The molecule has 0 unspecified atom stereocenters. The molecule has 1 saturated heterocycles. The van der Waals surface area contributed by atoms with Gasteiger partial charge in [0.15, 0.2) is 0 Å². The standard InChI is InChI=1S/C6H10N2O2.C3H5ClN2O2.C3H9N/c1-4(2)8-3-5(9)7-6(8)10;4-1-2(7)6-3(5)8;1-3(2)4/h4H,3H2,1-2H3,(H,7,9,10);1H2,(H3,5,6,7,8);3H,4H2,1-2H3. The fourth-order valence-corrected chi connectivity index (χ4v) is 1.11. The first kappa shape index (κ1) is 22.4. The highest BCUT2D eigenvalue weighted by Crippen LogP contribution is 2.02. The number of hydrogen-bond donors (Lipinski definition) is 4. The Kier molecular flexibility index (Phi) is 12.0. The molecular weight excluding hydrogens is 314 g/mol. The molecule has 0 radical (unpaired) electrons. The van der Waals surface area contributed by atoms with Gasteiger partial charge in [-0.2, -0.15) is 0 Å². The predicted octanol–water partition coefficient (Wildman–Crippen LogP) is -0.280. The number of amides is 6. The number of halogens is 1. The maximum Gasteiger partial charge on any atom is 0.324 e. The number of nitrogens with zero attached hydrogens (tertiary/aromatic N) is 1. The molecule has 22 heavy (non-hydrogen) atoms. The Hall–Kier alpha value is -1.87. The summed E-state index contributed by atoms with van der Waals surface area (Å²) >= 11 is 4.98. The molecular formula is C12H24ClN5O4. The largest absolute Gasteiger partial charge is 0.351 e. The summed E-state index contributed by atoms with van der Waals surface area (Å²) < 4.78 is 0. The highest BCUT2D eigenvalue weighted by molar-refractivity contribution is 6.28. The van der Waals surface area contributed by atoms with Gasteiger partial charge < -0.3 is 16.4 Å². The van der Waals surface area contributed by atoms with Crippen molar-refractivity contribution in [3.63, 3.8) is 0 Å². The Bertz CT molecular complexity index is 398. The lowest BCUT2D eigenvalue weighted by molar-refractivity contribution is -0.119. The number of nitrogens with two attached hydrogens (primary N) is 2. The summed E-state index contributed by atoms with van der Waals surface area (Å²) in [5, 5.41) is 3.96. The van der Waals surface area contributed by atoms with E-state index in [0.717, 1.165) is 0 Å². The zero-order chi connectivity index (χ0) is 17.9. The summed E-state index contributed by atoms with van der Waals surface area (Å²) in [5.41, 5.74) is 9.65. The average molecular weight is 338 g/mol. The minimum Gasteiger partial charge on any atom is -0.351 e. The van der Waals surface area contributed by atoms with E-state index in [-0.39, 0.29) is 30.4 Å². The molecule has 1 aliphatic rings. The Morgan fingerprint density at radius 2 is 1.77 bits per heavy atom. The maximum atomic E-state index is 10.8. The molecule has 1 aliphatic heterocycles. The molecule has 0 atom stereocenters. The van der Waals surface area contributed by atoms with Crippen LogP contribution >= 0.6 is 11.6 Å². The maximum absolute atomic E-state index is 10.8. The molecule has 0 aliphatic carbocycles. The predicted molar refractivity (Wildman–Crippen MR) is 83.2 cm³/mol. The van der Waals surface area contributed by atoms with Gasteiger partial charge in [-0.05, 0) is 19.9 Å². The second-order valence-electron chi connectivity index (χ2n) is 4.87. The summed E-state index contributed by atoms with van der Waals surface area (Å²) in [5.74, 6) is -1.04. The first-order valence-corrected chi connectivity index (χ1v) is 7.05. The Labute approximate surface area is 134 Å². The second kappa shape index (κ2) is 11.8. The molecule has 10 heteroatoms. The number of nitrogens with one attached hydrogen (secondary N) is 2. The fraction of sp³-hybridized carbons (Fsp3) is 0.667. The Morgan fingerprint density at radius 1 is 1.32 bits per heavy atom. The van der Waals surface area contributed by atoms with Gasteiger partial charge in [-0.3, -0.25) is 20.2 Å². The van der Waals surface area contributed by atoms with E-state index in [1.165, 1.54) is 4.90 Å². The summed E-state index contributed by atoms with van der Waals surface area (Å²) in [6.07, 6.45) is 0. The van der Waals surface area contributed by atoms with Crippen molar-refractivity contribution in [1.29, 1.82) is 0 Å². The minimum absolute atomic E-state index is 0.103. The third-order valence-electron chi connectivity index (χ3n) is 1.83. The van der Waals surface area contributed by atoms with Crippen molar-refractivity contribution in [3.05, 3.63) is 0 Å². The summed E-state index contributed by atoms with van der Waals surface area (Å²) in [4.78, 5) is 42.8. The summed E-state index contributed by atoms with van der Waals surface area (Å²) in [6, 6.07) is -0.720. The normalized spacial score (nSPS) is 13.0. The highest BCUT2D eigenvalue weighted by Gasteiger charge is 2.28. The van der Waals surface area contributed by atoms with Crippen LogP contribution in [0.25, 0.3) is 0 Å². The van der Waals surface area contributed by atoms with Gasteiger partial charge in [-0.1, -0.05) is 13.8 Å². The number of carbonyl (C=O) groups is 4. The third-order valence-corrected chi connectivity index (χ3v) is 2.07. The second-order valence-corrected chi connectivity index (χ2v) is 5.13. The molecule has 0 bridgehead atoms. The number of imide groups is 2. The molecule has 1 fully saturated rings. The number of alkyl halides is 1. The number of primary amides is 1. The quantitative estimate of drug-likeness (QED) is 0.404. The molecule has 128 valence electrons. The lowest BCUT2D eigenvalue weighted by Crippen LogP contribution is -2.35. The van der Waals surface area contributed by atoms with Crippen molar-refractivity contribution in [1.82, 2.24) is 15.5 Å². The lowest BCUT2D eigenvalue weighted by Gasteiger charge is -2.16. The van der Waals surface area contributed by atoms with Gasteiger partial charge in [0, 0.05) is 6.04 Å². The fourth-order valence-electron chi connectivity index (χ4n) is 1.05. The van der Waals surface area contributed by atoms with Crippen molar-refractivity contribution in [2.24, 2.45) is 11.5 Å². The first-order valence-electron chi connectivity index (χ1n) is 6.52. The molecule has 1 heterocycles. The summed E-state index contributed by atoms with van der Waals surface area (Å²) in [7, 11) is 0. The number of hydrogen-bond acceptors (Lipinski definition) is 5. The molecule has 6 amide bonds. The van der Waals surface area contributed by atoms with E-state index in [9.17, 15) is 19.2 Å². The van der Waals surface area contributed by atoms with Crippen LogP contribution in [0.5, 0.6) is 0 Å². The smallest absolute Gasteiger partial charge is 0.324 e. The lowest BCUT2D eigenvalue weighted by atomic mass is 10.3. The van der Waals surface area contributed by atoms with Crippen LogP contribution < -0.4 is 22.1 Å². The van der Waals surface area contributed by atoms with Crippen molar-refractivity contribution in [2.75, 3.05) is 12.4 Å². The van der Waals surface area contributed by atoms with Gasteiger partial charge in [-0.15, -0.1) is 11.6 Å². The number of carbonyl (C=O) groups excluding carboxylic acids is 4. The number of urea groups is 2. The van der Waals surface area contributed by atoms with Crippen LogP contribution in [0.3, 0.4) is 0 Å². The van der Waals surface area contributed by atoms with Crippen LogP contribution in [0.1, 0.15) is 27.7 Å². The van der Waals surface area contributed by atoms with E-state index >= 15 is 0 Å². The molecule has 6 N–H and O–H groups in total. The minimum atomic E-state index is -0.879. The molecule has 0 aromatic carbocycles. The SMILES string of the molecule is CC(C)N.CC(C)N1CC(=O)NC1=O.NC(=O)NC(=O)CCl. The number of rotatable bonds is 2. The van der Waals surface area contributed by atoms with E-state index in [2.05, 4.69) is 11.1 Å². The van der Waals surface area contributed by atoms with Crippen LogP contribution in [-0.2, 0) is 9.59 Å². The molecule has 9 nitrogen and oxygen atoms in total. The summed E-state index contributed by atoms with van der Waals surface area (Å²) in [6.45, 7) is 7.84. The van der Waals surface area contributed by atoms with Gasteiger partial charge in [0.05, 0.1) is 0 Å². The monoisotopic (exact) mass is 337 g/mol. The van der Waals surface area contributed by atoms with E-state index < -0.39 is 11.9 Å².